The summed E-state index contributed by atoms with van der Waals surface area (Å²) in [6, 6.07) is 7.07. The molecule has 2 N–H and O–H groups in total. The second-order valence-corrected chi connectivity index (χ2v) is 6.05. The summed E-state index contributed by atoms with van der Waals surface area (Å²) in [7, 11) is 0. The van der Waals surface area contributed by atoms with Crippen molar-refractivity contribution in [2.45, 2.75) is 37.5 Å². The van der Waals surface area contributed by atoms with Gasteiger partial charge in [0.1, 0.15) is 5.76 Å². The second-order valence-electron chi connectivity index (χ2n) is 5.04. The van der Waals surface area contributed by atoms with E-state index in [1.54, 1.807) is 12.1 Å². The molecule has 0 aliphatic rings. The molecule has 7 heteroatoms. The monoisotopic (exact) mass is 334 g/mol. The van der Waals surface area contributed by atoms with Crippen molar-refractivity contribution in [3.05, 3.63) is 46.8 Å². The number of primary amides is 1. The maximum absolute atomic E-state index is 12.2. The van der Waals surface area contributed by atoms with E-state index < -0.39 is 18.0 Å². The van der Waals surface area contributed by atoms with Gasteiger partial charge in [0, 0.05) is 16.2 Å². The predicted octanol–water partition coefficient (Wildman–Crippen LogP) is 2.61. The molecule has 1 atom stereocenters. The Morgan fingerprint density at radius 2 is 2.04 bits per heavy atom. The van der Waals surface area contributed by atoms with Crippen LogP contribution in [0.1, 0.15) is 34.3 Å². The summed E-state index contributed by atoms with van der Waals surface area (Å²) < 4.78 is 10.2. The van der Waals surface area contributed by atoms with Crippen LogP contribution in [0.5, 0.6) is 0 Å². The second kappa shape index (κ2) is 7.32. The number of carbonyl (C=O) groups is 2. The van der Waals surface area contributed by atoms with Gasteiger partial charge in [0.15, 0.2) is 6.10 Å². The van der Waals surface area contributed by atoms with E-state index in [0.29, 0.717) is 11.3 Å². The van der Waals surface area contributed by atoms with Gasteiger partial charge in [-0.05, 0) is 32.9 Å². The average Bonchev–Trinajstić information content (AvgIpc) is 2.84. The van der Waals surface area contributed by atoms with E-state index in [2.05, 4.69) is 5.16 Å². The minimum atomic E-state index is -0.969. The average molecular weight is 334 g/mol. The molecule has 0 radical (unpaired) electrons. The third kappa shape index (κ3) is 4.13. The van der Waals surface area contributed by atoms with Gasteiger partial charge in [-0.15, -0.1) is 11.8 Å². The molecule has 0 spiro atoms. The van der Waals surface area contributed by atoms with Crippen LogP contribution in [-0.4, -0.2) is 23.1 Å². The topological polar surface area (TPSA) is 95.4 Å². The Morgan fingerprint density at radius 1 is 1.35 bits per heavy atom. The smallest absolute Gasteiger partial charge is 0.340 e. The fourth-order valence-corrected chi connectivity index (χ4v) is 3.09. The summed E-state index contributed by atoms with van der Waals surface area (Å²) in [5.74, 6) is 0.131. The number of aryl methyl sites for hydroxylation is 2. The van der Waals surface area contributed by atoms with Crippen LogP contribution in [0.15, 0.2) is 33.7 Å². The van der Waals surface area contributed by atoms with Crippen LogP contribution < -0.4 is 5.73 Å². The first-order chi connectivity index (χ1) is 10.9. The van der Waals surface area contributed by atoms with Gasteiger partial charge in [-0.1, -0.05) is 17.3 Å². The number of amides is 1. The molecule has 1 amide bonds. The summed E-state index contributed by atoms with van der Waals surface area (Å²) in [4.78, 5) is 24.0. The number of aromatic nitrogens is 1. The van der Waals surface area contributed by atoms with E-state index in [4.69, 9.17) is 15.0 Å². The van der Waals surface area contributed by atoms with E-state index in [1.807, 2.05) is 26.0 Å². The number of rotatable bonds is 6. The van der Waals surface area contributed by atoms with Gasteiger partial charge < -0.3 is 15.0 Å². The zero-order valence-corrected chi connectivity index (χ0v) is 14.0. The molecular weight excluding hydrogens is 316 g/mol. The number of esters is 1. The van der Waals surface area contributed by atoms with Gasteiger partial charge in [-0.3, -0.25) is 4.79 Å². The molecule has 6 nitrogen and oxygen atoms in total. The summed E-state index contributed by atoms with van der Waals surface area (Å²) in [5, 5.41) is 3.91. The van der Waals surface area contributed by atoms with Gasteiger partial charge in [-0.25, -0.2) is 4.79 Å². The highest BCUT2D eigenvalue weighted by Gasteiger charge is 2.19. The highest BCUT2D eigenvalue weighted by molar-refractivity contribution is 7.98. The highest BCUT2D eigenvalue weighted by Crippen LogP contribution is 2.29. The van der Waals surface area contributed by atoms with Crippen molar-refractivity contribution >= 4 is 23.6 Å². The van der Waals surface area contributed by atoms with Crippen molar-refractivity contribution in [1.82, 2.24) is 5.16 Å². The molecule has 122 valence electrons. The number of hydrogen-bond donors (Lipinski definition) is 1. The van der Waals surface area contributed by atoms with Crippen molar-refractivity contribution < 1.29 is 18.8 Å². The van der Waals surface area contributed by atoms with Gasteiger partial charge >= 0.3 is 5.97 Å². The minimum absolute atomic E-state index is 0.400. The third-order valence-corrected chi connectivity index (χ3v) is 4.44. The molecule has 0 aliphatic carbocycles. The number of thioether (sulfide) groups is 1. The summed E-state index contributed by atoms with van der Waals surface area (Å²) in [6.45, 7) is 5.17. The molecule has 23 heavy (non-hydrogen) atoms. The first-order valence-corrected chi connectivity index (χ1v) is 8.02. The molecule has 0 bridgehead atoms. The van der Waals surface area contributed by atoms with Gasteiger partial charge in [0.2, 0.25) is 0 Å². The molecule has 0 saturated heterocycles. The summed E-state index contributed by atoms with van der Waals surface area (Å²) in [6.07, 6.45) is -0.969. The van der Waals surface area contributed by atoms with Crippen molar-refractivity contribution in [1.29, 1.82) is 0 Å². The maximum atomic E-state index is 12.2. The van der Waals surface area contributed by atoms with Crippen LogP contribution in [0.3, 0.4) is 0 Å². The summed E-state index contributed by atoms with van der Waals surface area (Å²) >= 11 is 1.48. The quantitative estimate of drug-likeness (QED) is 0.644. The number of nitrogens with zero attached hydrogens (tertiary/aromatic N) is 1. The van der Waals surface area contributed by atoms with Crippen LogP contribution in [0.2, 0.25) is 0 Å². The zero-order chi connectivity index (χ0) is 17.0. The van der Waals surface area contributed by atoms with Crippen LogP contribution in [0.4, 0.5) is 0 Å². The Bertz CT molecular complexity index is 707. The van der Waals surface area contributed by atoms with E-state index in [-0.39, 0.29) is 0 Å². The molecule has 2 rings (SSSR count). The molecular formula is C16H18N2O4S. The molecule has 0 aliphatic heterocycles. The van der Waals surface area contributed by atoms with Crippen LogP contribution in [0, 0.1) is 13.8 Å². The first kappa shape index (κ1) is 17.1. The lowest BCUT2D eigenvalue weighted by atomic mass is 10.2. The Hall–Kier alpha value is -2.28. The van der Waals surface area contributed by atoms with Crippen molar-refractivity contribution in [3.8, 4) is 0 Å². The normalized spacial score (nSPS) is 12.0. The lowest BCUT2D eigenvalue weighted by molar-refractivity contribution is -0.125. The number of nitrogens with two attached hydrogens (primary N) is 1. The van der Waals surface area contributed by atoms with Crippen LogP contribution >= 0.6 is 11.8 Å². The standard InChI is InChI=1S/C16H18N2O4S/c1-9-13(10(2)22-18-9)8-23-14-7-5-4-6-12(14)16(20)21-11(3)15(17)19/h4-7,11H,8H2,1-3H3,(H2,17,19)/t11-/m1/s1. The van der Waals surface area contributed by atoms with Crippen LogP contribution in [-0.2, 0) is 15.3 Å². The number of benzene rings is 1. The third-order valence-electron chi connectivity index (χ3n) is 3.34. The minimum Gasteiger partial charge on any atom is -0.449 e. The van der Waals surface area contributed by atoms with E-state index in [0.717, 1.165) is 21.9 Å². The lowest BCUT2D eigenvalue weighted by Gasteiger charge is -2.12. The van der Waals surface area contributed by atoms with Gasteiger partial charge in [0.05, 0.1) is 11.3 Å². The Morgan fingerprint density at radius 3 is 2.65 bits per heavy atom. The lowest BCUT2D eigenvalue weighted by Crippen LogP contribution is -2.30. The SMILES string of the molecule is Cc1noc(C)c1CSc1ccccc1C(=O)O[C@H](C)C(N)=O. The van der Waals surface area contributed by atoms with Crippen molar-refractivity contribution in [2.24, 2.45) is 5.73 Å². The zero-order valence-electron chi connectivity index (χ0n) is 13.2. The summed E-state index contributed by atoms with van der Waals surface area (Å²) in [5.41, 5.74) is 7.35. The van der Waals surface area contributed by atoms with E-state index in [1.165, 1.54) is 18.7 Å². The molecule has 1 heterocycles. The van der Waals surface area contributed by atoms with Crippen molar-refractivity contribution in [3.63, 3.8) is 0 Å². The fraction of sp³-hybridized carbons (Fsp3) is 0.312. The molecule has 0 unspecified atom stereocenters. The van der Waals surface area contributed by atoms with Crippen molar-refractivity contribution in [2.75, 3.05) is 0 Å². The van der Waals surface area contributed by atoms with Crippen LogP contribution in [0.25, 0.3) is 0 Å². The maximum Gasteiger partial charge on any atom is 0.340 e. The first-order valence-electron chi connectivity index (χ1n) is 7.04. The van der Waals surface area contributed by atoms with Gasteiger partial charge in [-0.2, -0.15) is 0 Å². The molecule has 2 aromatic rings. The largest absolute Gasteiger partial charge is 0.449 e. The Kier molecular flexibility index (Phi) is 5.44. The molecule has 1 aromatic carbocycles. The fourth-order valence-electron chi connectivity index (χ4n) is 1.90. The predicted molar refractivity (Wildman–Crippen MR) is 86.1 cm³/mol. The van der Waals surface area contributed by atoms with E-state index in [9.17, 15) is 9.59 Å². The number of ether oxygens (including phenoxy) is 1. The van der Waals surface area contributed by atoms with Gasteiger partial charge in [0.25, 0.3) is 5.91 Å². The molecule has 1 aromatic heterocycles. The molecule has 0 saturated carbocycles. The Balaban J connectivity index is 2.14. The highest BCUT2D eigenvalue weighted by atomic mass is 32.2. The molecule has 0 fully saturated rings. The number of carbonyl (C=O) groups excluding carboxylic acids is 2. The Labute approximate surface area is 138 Å². The van der Waals surface area contributed by atoms with E-state index >= 15 is 0 Å². The number of hydrogen-bond acceptors (Lipinski definition) is 6.